The zero-order valence-corrected chi connectivity index (χ0v) is 20.9. The molecule has 4 aromatic rings. The predicted molar refractivity (Wildman–Crippen MR) is 138 cm³/mol. The van der Waals surface area contributed by atoms with Crippen molar-refractivity contribution < 1.29 is 9.18 Å². The molecular weight excluding hydrogens is 465 g/mol. The molecule has 0 spiro atoms. The van der Waals surface area contributed by atoms with Gasteiger partial charge in [-0.05, 0) is 79.9 Å². The van der Waals surface area contributed by atoms with Crippen molar-refractivity contribution >= 4 is 28.4 Å². The summed E-state index contributed by atoms with van der Waals surface area (Å²) in [4.78, 5) is 33.9. The molecule has 1 unspecified atom stereocenters. The Morgan fingerprint density at radius 1 is 1.06 bits per heavy atom. The lowest BCUT2D eigenvalue weighted by Crippen LogP contribution is -2.39. The van der Waals surface area contributed by atoms with Crippen molar-refractivity contribution in [1.29, 1.82) is 0 Å². The number of hydrogen-bond acceptors (Lipinski definition) is 3. The summed E-state index contributed by atoms with van der Waals surface area (Å²) in [5, 5.41) is 1.05. The van der Waals surface area contributed by atoms with Crippen LogP contribution in [-0.4, -0.2) is 26.9 Å². The van der Waals surface area contributed by atoms with Crippen molar-refractivity contribution in [3.8, 4) is 5.69 Å². The highest BCUT2D eigenvalue weighted by Gasteiger charge is 2.28. The third kappa shape index (κ3) is 4.98. The number of aromatic nitrogens is 2. The van der Waals surface area contributed by atoms with Gasteiger partial charge in [0.2, 0.25) is 0 Å². The van der Waals surface area contributed by atoms with Crippen LogP contribution in [0, 0.1) is 18.7 Å². The summed E-state index contributed by atoms with van der Waals surface area (Å²) >= 11 is 6.19. The molecule has 0 bridgehead atoms. The van der Waals surface area contributed by atoms with Gasteiger partial charge in [0.1, 0.15) is 11.6 Å². The quantitative estimate of drug-likeness (QED) is 0.316. The standard InChI is InChI=1S/C28H27ClFN3O2/c1-17(2)16-32(27(34)20-9-12-22(30)13-10-20)19(4)26-31-24-8-6-5-7-23(24)28(35)33(26)25-14-11-21(29)15-18(25)3/h5-15,17,19H,16H2,1-4H3. The van der Waals surface area contributed by atoms with Crippen molar-refractivity contribution in [3.63, 3.8) is 0 Å². The third-order valence-electron chi connectivity index (χ3n) is 5.96. The van der Waals surface area contributed by atoms with Crippen LogP contribution in [0.3, 0.4) is 0 Å². The first kappa shape index (κ1) is 24.6. The molecule has 4 rings (SSSR count). The van der Waals surface area contributed by atoms with E-state index in [0.29, 0.717) is 39.5 Å². The van der Waals surface area contributed by atoms with Crippen molar-refractivity contribution in [2.45, 2.75) is 33.7 Å². The number of halogens is 2. The highest BCUT2D eigenvalue weighted by Crippen LogP contribution is 2.27. The molecule has 0 fully saturated rings. The lowest BCUT2D eigenvalue weighted by molar-refractivity contribution is 0.0655. The van der Waals surface area contributed by atoms with E-state index in [9.17, 15) is 14.0 Å². The maximum atomic E-state index is 13.8. The molecule has 35 heavy (non-hydrogen) atoms. The van der Waals surface area contributed by atoms with Gasteiger partial charge >= 0.3 is 0 Å². The number of aryl methyl sites for hydroxylation is 1. The largest absolute Gasteiger partial charge is 0.328 e. The van der Waals surface area contributed by atoms with Gasteiger partial charge in [-0.2, -0.15) is 0 Å². The zero-order valence-electron chi connectivity index (χ0n) is 20.1. The van der Waals surface area contributed by atoms with Gasteiger partial charge in [0.05, 0.1) is 22.6 Å². The third-order valence-corrected chi connectivity index (χ3v) is 6.19. The van der Waals surface area contributed by atoms with Crippen LogP contribution in [0.2, 0.25) is 5.02 Å². The summed E-state index contributed by atoms with van der Waals surface area (Å²) < 4.78 is 15.1. The fourth-order valence-electron chi connectivity index (χ4n) is 4.24. The summed E-state index contributed by atoms with van der Waals surface area (Å²) in [5.41, 5.74) is 2.17. The van der Waals surface area contributed by atoms with Gasteiger partial charge in [-0.25, -0.2) is 9.37 Å². The minimum Gasteiger partial charge on any atom is -0.328 e. The van der Waals surface area contributed by atoms with Crippen molar-refractivity contribution in [2.75, 3.05) is 6.54 Å². The van der Waals surface area contributed by atoms with E-state index >= 15 is 0 Å². The van der Waals surface area contributed by atoms with Gasteiger partial charge in [0, 0.05) is 17.1 Å². The summed E-state index contributed by atoms with van der Waals surface area (Å²) in [6, 6.07) is 17.4. The molecule has 180 valence electrons. The van der Waals surface area contributed by atoms with E-state index in [1.165, 1.54) is 24.3 Å². The van der Waals surface area contributed by atoms with E-state index in [1.54, 1.807) is 45.9 Å². The van der Waals surface area contributed by atoms with Crippen LogP contribution in [0.25, 0.3) is 16.6 Å². The van der Waals surface area contributed by atoms with E-state index in [1.807, 2.05) is 33.8 Å². The Morgan fingerprint density at radius 3 is 2.40 bits per heavy atom. The van der Waals surface area contributed by atoms with Crippen LogP contribution in [0.15, 0.2) is 71.5 Å². The monoisotopic (exact) mass is 491 g/mol. The van der Waals surface area contributed by atoms with Crippen LogP contribution in [-0.2, 0) is 0 Å². The molecule has 3 aromatic carbocycles. The molecule has 5 nitrogen and oxygen atoms in total. The molecule has 1 atom stereocenters. The van der Waals surface area contributed by atoms with Crippen LogP contribution in [0.4, 0.5) is 4.39 Å². The summed E-state index contributed by atoms with van der Waals surface area (Å²) in [7, 11) is 0. The minimum atomic E-state index is -0.553. The molecule has 0 saturated heterocycles. The first-order chi connectivity index (χ1) is 16.7. The molecule has 1 amide bonds. The van der Waals surface area contributed by atoms with Crippen molar-refractivity contribution in [3.05, 3.63) is 105 Å². The second-order valence-corrected chi connectivity index (χ2v) is 9.53. The van der Waals surface area contributed by atoms with E-state index in [2.05, 4.69) is 0 Å². The average molecular weight is 492 g/mol. The molecule has 0 saturated carbocycles. The maximum absolute atomic E-state index is 13.8. The lowest BCUT2D eigenvalue weighted by atomic mass is 10.1. The number of fused-ring (bicyclic) bond motifs is 1. The normalized spacial score (nSPS) is 12.2. The molecule has 0 N–H and O–H groups in total. The van der Waals surface area contributed by atoms with Crippen LogP contribution in [0.1, 0.15) is 48.6 Å². The van der Waals surface area contributed by atoms with Gasteiger partial charge in [0.15, 0.2) is 0 Å². The second kappa shape index (κ2) is 10.0. The first-order valence-electron chi connectivity index (χ1n) is 11.5. The van der Waals surface area contributed by atoms with Gasteiger partial charge in [0.25, 0.3) is 11.5 Å². The first-order valence-corrected chi connectivity index (χ1v) is 11.9. The predicted octanol–water partition coefficient (Wildman–Crippen LogP) is 6.35. The lowest BCUT2D eigenvalue weighted by Gasteiger charge is -2.32. The van der Waals surface area contributed by atoms with E-state index in [0.717, 1.165) is 5.56 Å². The number of para-hydroxylation sites is 1. The zero-order chi connectivity index (χ0) is 25.3. The molecule has 0 aliphatic rings. The Bertz CT molecular complexity index is 1450. The van der Waals surface area contributed by atoms with Crippen molar-refractivity contribution in [1.82, 2.24) is 14.5 Å². The Kier molecular flexibility index (Phi) is 7.03. The smallest absolute Gasteiger partial charge is 0.266 e. The number of benzene rings is 3. The molecule has 1 heterocycles. The van der Waals surface area contributed by atoms with E-state index in [-0.39, 0.29) is 17.4 Å². The van der Waals surface area contributed by atoms with Crippen molar-refractivity contribution in [2.24, 2.45) is 5.92 Å². The highest BCUT2D eigenvalue weighted by molar-refractivity contribution is 6.30. The molecule has 0 radical (unpaired) electrons. The summed E-state index contributed by atoms with van der Waals surface area (Å²) in [6.45, 7) is 8.21. The van der Waals surface area contributed by atoms with Crippen LogP contribution in [0.5, 0.6) is 0 Å². The molecule has 0 aliphatic carbocycles. The van der Waals surface area contributed by atoms with Gasteiger partial charge in [-0.3, -0.25) is 14.2 Å². The number of nitrogens with zero attached hydrogens (tertiary/aromatic N) is 3. The number of rotatable bonds is 6. The molecular formula is C28H27ClFN3O2. The Hall–Kier alpha value is -3.51. The van der Waals surface area contributed by atoms with Gasteiger partial charge < -0.3 is 4.90 Å². The van der Waals surface area contributed by atoms with E-state index in [4.69, 9.17) is 16.6 Å². The molecule has 7 heteroatoms. The molecule has 1 aromatic heterocycles. The number of amides is 1. The van der Waals surface area contributed by atoms with Crippen LogP contribution < -0.4 is 5.56 Å². The maximum Gasteiger partial charge on any atom is 0.266 e. The van der Waals surface area contributed by atoms with Gasteiger partial charge in [-0.15, -0.1) is 0 Å². The SMILES string of the molecule is Cc1cc(Cl)ccc1-n1c(C(C)N(CC(C)C)C(=O)c2ccc(F)cc2)nc2ccccc2c1=O. The minimum absolute atomic E-state index is 0.153. The number of carbonyl (C=O) groups is 1. The van der Waals surface area contributed by atoms with E-state index < -0.39 is 11.9 Å². The van der Waals surface area contributed by atoms with Crippen LogP contribution >= 0.6 is 11.6 Å². The summed E-state index contributed by atoms with van der Waals surface area (Å²) in [6.07, 6.45) is 0. The topological polar surface area (TPSA) is 55.2 Å². The highest BCUT2D eigenvalue weighted by atomic mass is 35.5. The Balaban J connectivity index is 1.94. The second-order valence-electron chi connectivity index (χ2n) is 9.09. The average Bonchev–Trinajstić information content (AvgIpc) is 2.83. The molecule has 0 aliphatic heterocycles. The summed E-state index contributed by atoms with van der Waals surface area (Å²) in [5.74, 6) is -0.0729. The Labute approximate surface area is 208 Å². The van der Waals surface area contributed by atoms with Gasteiger partial charge in [-0.1, -0.05) is 37.6 Å². The fourth-order valence-corrected chi connectivity index (χ4v) is 4.47. The fraction of sp³-hybridized carbons (Fsp3) is 0.250. The Morgan fingerprint density at radius 2 is 1.74 bits per heavy atom. The number of carbonyl (C=O) groups excluding carboxylic acids is 1. The number of hydrogen-bond donors (Lipinski definition) is 0.